The molecule has 0 saturated heterocycles. The lowest BCUT2D eigenvalue weighted by Gasteiger charge is -2.19. The molecule has 1 aromatic carbocycles. The summed E-state index contributed by atoms with van der Waals surface area (Å²) in [5, 5.41) is 9.50. The summed E-state index contributed by atoms with van der Waals surface area (Å²) >= 11 is 0. The van der Waals surface area contributed by atoms with Crippen molar-refractivity contribution < 1.29 is 27.8 Å². The number of ketones is 1. The second-order valence-electron chi connectivity index (χ2n) is 4.87. The highest BCUT2D eigenvalue weighted by atomic mass is 19.4. The van der Waals surface area contributed by atoms with Gasteiger partial charge in [-0.3, -0.25) is 4.79 Å². The molecule has 0 unspecified atom stereocenters. The second-order valence-corrected chi connectivity index (χ2v) is 4.87. The molecule has 6 heteroatoms. The van der Waals surface area contributed by atoms with Crippen molar-refractivity contribution in [3.05, 3.63) is 29.3 Å². The summed E-state index contributed by atoms with van der Waals surface area (Å²) in [6, 6.07) is 2.68. The van der Waals surface area contributed by atoms with Crippen LogP contribution in [0.2, 0.25) is 0 Å². The molecule has 0 aromatic heterocycles. The van der Waals surface area contributed by atoms with Crippen LogP contribution >= 0.6 is 0 Å². The number of benzene rings is 1. The number of alkyl halides is 3. The average Bonchev–Trinajstić information content (AvgIpc) is 2.23. The van der Waals surface area contributed by atoms with E-state index in [0.717, 1.165) is 25.1 Å². The molecule has 0 radical (unpaired) electrons. The van der Waals surface area contributed by atoms with Crippen molar-refractivity contribution >= 4 is 5.78 Å². The van der Waals surface area contributed by atoms with E-state index in [0.29, 0.717) is 0 Å². The zero-order chi connectivity index (χ0) is 14.8. The lowest BCUT2D eigenvalue weighted by atomic mass is 10.1. The number of aliphatic hydroxyl groups is 1. The van der Waals surface area contributed by atoms with E-state index in [1.54, 1.807) is 0 Å². The third kappa shape index (κ3) is 4.55. The third-order valence-electron chi connectivity index (χ3n) is 2.27. The van der Waals surface area contributed by atoms with Gasteiger partial charge in [0.2, 0.25) is 0 Å². The molecule has 0 aliphatic heterocycles. The standard InChI is InChI=1S/C13H15F3O3/c1-8(17)10-6-9(13(14,15)16)4-5-11(10)19-7-12(2,3)18/h4-6,18H,7H2,1-3H3. The van der Waals surface area contributed by atoms with Crippen molar-refractivity contribution in [2.75, 3.05) is 6.61 Å². The van der Waals surface area contributed by atoms with Gasteiger partial charge in [-0.1, -0.05) is 0 Å². The summed E-state index contributed by atoms with van der Waals surface area (Å²) in [5.74, 6) is -0.500. The molecule has 0 fully saturated rings. The van der Waals surface area contributed by atoms with Crippen LogP contribution in [0, 0.1) is 0 Å². The van der Waals surface area contributed by atoms with E-state index in [-0.39, 0.29) is 17.9 Å². The number of halogens is 3. The molecule has 0 bridgehead atoms. The lowest BCUT2D eigenvalue weighted by molar-refractivity contribution is -0.137. The summed E-state index contributed by atoms with van der Waals surface area (Å²) < 4.78 is 42.8. The quantitative estimate of drug-likeness (QED) is 0.860. The first-order chi connectivity index (χ1) is 8.50. The molecule has 0 amide bonds. The van der Waals surface area contributed by atoms with E-state index in [4.69, 9.17) is 4.74 Å². The van der Waals surface area contributed by atoms with Gasteiger partial charge >= 0.3 is 6.18 Å². The minimum Gasteiger partial charge on any atom is -0.490 e. The van der Waals surface area contributed by atoms with Gasteiger partial charge in [0, 0.05) is 0 Å². The van der Waals surface area contributed by atoms with Crippen LogP contribution in [-0.4, -0.2) is 23.1 Å². The smallest absolute Gasteiger partial charge is 0.416 e. The summed E-state index contributed by atoms with van der Waals surface area (Å²) in [7, 11) is 0. The van der Waals surface area contributed by atoms with E-state index >= 15 is 0 Å². The van der Waals surface area contributed by atoms with Crippen LogP contribution < -0.4 is 4.74 Å². The number of carbonyl (C=O) groups excluding carboxylic acids is 1. The van der Waals surface area contributed by atoms with Crippen LogP contribution in [0.4, 0.5) is 13.2 Å². The topological polar surface area (TPSA) is 46.5 Å². The predicted octanol–water partition coefficient (Wildman–Crippen LogP) is 3.06. The lowest BCUT2D eigenvalue weighted by Crippen LogP contribution is -2.28. The number of hydrogen-bond acceptors (Lipinski definition) is 3. The number of Topliss-reactive ketones (excluding diaryl/α,β-unsaturated/α-hetero) is 1. The molecule has 0 aliphatic carbocycles. The normalized spacial score (nSPS) is 12.4. The summed E-state index contributed by atoms with van der Waals surface area (Å²) in [6.45, 7) is 4.01. The van der Waals surface area contributed by atoms with E-state index < -0.39 is 23.1 Å². The molecule has 1 aromatic rings. The maximum absolute atomic E-state index is 12.5. The Labute approximate surface area is 109 Å². The van der Waals surface area contributed by atoms with Crippen LogP contribution in [0.5, 0.6) is 5.75 Å². The van der Waals surface area contributed by atoms with Crippen LogP contribution in [0.1, 0.15) is 36.7 Å². The van der Waals surface area contributed by atoms with Crippen molar-refractivity contribution in [3.8, 4) is 5.75 Å². The average molecular weight is 276 g/mol. The fourth-order valence-corrected chi connectivity index (χ4v) is 1.36. The highest BCUT2D eigenvalue weighted by Gasteiger charge is 2.31. The van der Waals surface area contributed by atoms with E-state index in [1.165, 1.54) is 13.8 Å². The fourth-order valence-electron chi connectivity index (χ4n) is 1.36. The molecular formula is C13H15F3O3. The second kappa shape index (κ2) is 5.21. The number of ether oxygens (including phenoxy) is 1. The molecule has 3 nitrogen and oxygen atoms in total. The third-order valence-corrected chi connectivity index (χ3v) is 2.27. The summed E-state index contributed by atoms with van der Waals surface area (Å²) in [4.78, 5) is 11.4. The maximum Gasteiger partial charge on any atom is 0.416 e. The SMILES string of the molecule is CC(=O)c1cc(C(F)(F)F)ccc1OCC(C)(C)O. The number of hydrogen-bond donors (Lipinski definition) is 1. The van der Waals surface area contributed by atoms with Gasteiger partial charge in [-0.25, -0.2) is 0 Å². The first-order valence-electron chi connectivity index (χ1n) is 5.58. The molecule has 0 heterocycles. The first kappa shape index (κ1) is 15.5. The molecule has 19 heavy (non-hydrogen) atoms. The van der Waals surface area contributed by atoms with Gasteiger partial charge < -0.3 is 9.84 Å². The first-order valence-corrected chi connectivity index (χ1v) is 5.58. The highest BCUT2D eigenvalue weighted by molar-refractivity contribution is 5.97. The van der Waals surface area contributed by atoms with Crippen LogP contribution in [0.25, 0.3) is 0 Å². The highest BCUT2D eigenvalue weighted by Crippen LogP contribution is 2.33. The molecule has 0 saturated carbocycles. The Morgan fingerprint density at radius 1 is 1.32 bits per heavy atom. The van der Waals surface area contributed by atoms with Crippen LogP contribution in [0.3, 0.4) is 0 Å². The van der Waals surface area contributed by atoms with E-state index in [9.17, 15) is 23.1 Å². The van der Waals surface area contributed by atoms with Crippen LogP contribution in [0.15, 0.2) is 18.2 Å². The Bertz CT molecular complexity index is 473. The monoisotopic (exact) mass is 276 g/mol. The predicted molar refractivity (Wildman–Crippen MR) is 63.2 cm³/mol. The molecular weight excluding hydrogens is 261 g/mol. The molecule has 0 spiro atoms. The molecule has 1 rings (SSSR count). The van der Waals surface area contributed by atoms with Gasteiger partial charge in [-0.15, -0.1) is 0 Å². The summed E-state index contributed by atoms with van der Waals surface area (Å²) in [5.41, 5.74) is -2.20. The van der Waals surface area contributed by atoms with E-state index in [2.05, 4.69) is 0 Å². The largest absolute Gasteiger partial charge is 0.490 e. The Morgan fingerprint density at radius 3 is 2.32 bits per heavy atom. The zero-order valence-electron chi connectivity index (χ0n) is 10.8. The Balaban J connectivity index is 3.09. The Kier molecular flexibility index (Phi) is 4.25. The van der Waals surface area contributed by atoms with Gasteiger partial charge in [-0.05, 0) is 39.0 Å². The number of rotatable bonds is 4. The van der Waals surface area contributed by atoms with Gasteiger partial charge in [-0.2, -0.15) is 13.2 Å². The minimum atomic E-state index is -4.51. The fraction of sp³-hybridized carbons (Fsp3) is 0.462. The van der Waals surface area contributed by atoms with Gasteiger partial charge in [0.1, 0.15) is 12.4 Å². The van der Waals surface area contributed by atoms with Crippen molar-refractivity contribution in [2.24, 2.45) is 0 Å². The van der Waals surface area contributed by atoms with Crippen molar-refractivity contribution in [2.45, 2.75) is 32.5 Å². The van der Waals surface area contributed by atoms with Crippen molar-refractivity contribution in [3.63, 3.8) is 0 Å². The number of carbonyl (C=O) groups is 1. The van der Waals surface area contributed by atoms with Crippen LogP contribution in [-0.2, 0) is 6.18 Å². The molecule has 106 valence electrons. The summed E-state index contributed by atoms with van der Waals surface area (Å²) in [6.07, 6.45) is -4.51. The van der Waals surface area contributed by atoms with Crippen molar-refractivity contribution in [1.82, 2.24) is 0 Å². The van der Waals surface area contributed by atoms with Gasteiger partial charge in [0.05, 0.1) is 16.7 Å². The molecule has 0 atom stereocenters. The molecule has 1 N–H and O–H groups in total. The van der Waals surface area contributed by atoms with E-state index in [1.807, 2.05) is 0 Å². The minimum absolute atomic E-state index is 0.0302. The van der Waals surface area contributed by atoms with Gasteiger partial charge in [0.15, 0.2) is 5.78 Å². The van der Waals surface area contributed by atoms with Crippen molar-refractivity contribution in [1.29, 1.82) is 0 Å². The molecule has 0 aliphatic rings. The zero-order valence-corrected chi connectivity index (χ0v) is 10.8. The Hall–Kier alpha value is -1.56. The van der Waals surface area contributed by atoms with Gasteiger partial charge in [0.25, 0.3) is 0 Å². The maximum atomic E-state index is 12.5. The Morgan fingerprint density at radius 2 is 1.89 bits per heavy atom.